The zero-order valence-electron chi connectivity index (χ0n) is 14.3. The Labute approximate surface area is 153 Å². The molecule has 0 amide bonds. The number of carboxylic acids is 2. The highest BCUT2D eigenvalue weighted by molar-refractivity contribution is 5.85. The van der Waals surface area contributed by atoms with Gasteiger partial charge < -0.3 is 10.2 Å². The molecule has 6 heteroatoms. The number of rotatable bonds is 15. The summed E-state index contributed by atoms with van der Waals surface area (Å²) < 4.78 is 0. The van der Waals surface area contributed by atoms with Crippen molar-refractivity contribution in [2.75, 3.05) is 0 Å². The van der Waals surface area contributed by atoms with Crippen LogP contribution in [0.15, 0.2) is 0 Å². The van der Waals surface area contributed by atoms with Gasteiger partial charge in [0.05, 0.1) is 5.92 Å². The molecule has 0 aliphatic rings. The van der Waals surface area contributed by atoms with E-state index in [0.29, 0.717) is 6.42 Å². The van der Waals surface area contributed by atoms with Crippen LogP contribution in [-0.2, 0) is 9.59 Å². The predicted molar refractivity (Wildman–Crippen MR) is 99.0 cm³/mol. The molecule has 0 radical (unpaired) electrons. The van der Waals surface area contributed by atoms with Crippen LogP contribution in [0.5, 0.6) is 0 Å². The summed E-state index contributed by atoms with van der Waals surface area (Å²) >= 11 is 0. The second-order valence-electron chi connectivity index (χ2n) is 6.06. The van der Waals surface area contributed by atoms with Crippen molar-refractivity contribution in [2.45, 2.75) is 90.4 Å². The molecule has 0 saturated carbocycles. The van der Waals surface area contributed by atoms with Gasteiger partial charge in [-0.25, -0.2) is 0 Å². The van der Waals surface area contributed by atoms with Crippen molar-refractivity contribution in [3.63, 3.8) is 0 Å². The molecule has 0 rings (SSSR count). The SMILES string of the molecule is CC(CCCCCCCCCCCCCC(=O)O)C(=O)O.Cl.Cl. The zero-order chi connectivity index (χ0) is 15.9. The van der Waals surface area contributed by atoms with Gasteiger partial charge in [0.1, 0.15) is 0 Å². The summed E-state index contributed by atoms with van der Waals surface area (Å²) in [6, 6.07) is 0. The quantitative estimate of drug-likeness (QED) is 0.361. The van der Waals surface area contributed by atoms with Gasteiger partial charge >= 0.3 is 11.9 Å². The van der Waals surface area contributed by atoms with E-state index in [4.69, 9.17) is 10.2 Å². The maximum absolute atomic E-state index is 10.6. The molecule has 23 heavy (non-hydrogen) atoms. The van der Waals surface area contributed by atoms with Crippen molar-refractivity contribution in [1.29, 1.82) is 0 Å². The van der Waals surface area contributed by atoms with Crippen LogP contribution in [0.3, 0.4) is 0 Å². The highest BCUT2D eigenvalue weighted by atomic mass is 35.5. The van der Waals surface area contributed by atoms with E-state index in [1.807, 2.05) is 0 Å². The minimum atomic E-state index is -0.687. The highest BCUT2D eigenvalue weighted by Crippen LogP contribution is 2.14. The predicted octanol–water partition coefficient (Wildman–Crippen LogP) is 5.71. The van der Waals surface area contributed by atoms with Crippen LogP contribution in [-0.4, -0.2) is 22.2 Å². The first-order chi connectivity index (χ1) is 10.0. The van der Waals surface area contributed by atoms with Crippen molar-refractivity contribution in [3.05, 3.63) is 0 Å². The van der Waals surface area contributed by atoms with Gasteiger partial charge in [0.15, 0.2) is 0 Å². The molecule has 0 aliphatic heterocycles. The maximum Gasteiger partial charge on any atom is 0.306 e. The van der Waals surface area contributed by atoms with Crippen molar-refractivity contribution in [2.24, 2.45) is 5.92 Å². The number of aliphatic carboxylic acids is 2. The van der Waals surface area contributed by atoms with Crippen LogP contribution in [0.2, 0.25) is 0 Å². The monoisotopic (exact) mass is 372 g/mol. The fourth-order valence-corrected chi connectivity index (χ4v) is 2.44. The molecular weight excluding hydrogens is 339 g/mol. The lowest BCUT2D eigenvalue weighted by Crippen LogP contribution is -2.08. The Morgan fingerprint density at radius 2 is 1.04 bits per heavy atom. The van der Waals surface area contributed by atoms with Crippen LogP contribution < -0.4 is 0 Å². The average molecular weight is 373 g/mol. The molecule has 140 valence electrons. The van der Waals surface area contributed by atoms with Crippen LogP contribution in [0.4, 0.5) is 0 Å². The number of carboxylic acid groups (broad SMARTS) is 2. The molecule has 1 unspecified atom stereocenters. The minimum Gasteiger partial charge on any atom is -0.481 e. The third-order valence-electron chi connectivity index (χ3n) is 3.95. The first-order valence-corrected chi connectivity index (χ1v) is 8.48. The number of hydrogen-bond donors (Lipinski definition) is 2. The molecule has 1 atom stereocenters. The average Bonchev–Trinajstić information content (AvgIpc) is 2.43. The van der Waals surface area contributed by atoms with Gasteiger partial charge in [-0.15, -0.1) is 24.8 Å². The molecule has 0 saturated heterocycles. The van der Waals surface area contributed by atoms with E-state index >= 15 is 0 Å². The summed E-state index contributed by atoms with van der Waals surface area (Å²) in [6.45, 7) is 1.78. The Morgan fingerprint density at radius 1 is 0.696 bits per heavy atom. The zero-order valence-corrected chi connectivity index (χ0v) is 15.9. The van der Waals surface area contributed by atoms with Crippen LogP contribution in [0.25, 0.3) is 0 Å². The standard InChI is InChI=1S/C17H32O4.2ClH/c1-15(17(20)21)13-11-9-7-5-3-2-4-6-8-10-12-14-16(18)19;;/h15H,2-14H2,1H3,(H,18,19)(H,20,21);2*1H. The summed E-state index contributed by atoms with van der Waals surface area (Å²) in [6.07, 6.45) is 13.7. The molecule has 0 aromatic rings. The van der Waals surface area contributed by atoms with E-state index in [2.05, 4.69) is 0 Å². The van der Waals surface area contributed by atoms with Crippen LogP contribution in [0.1, 0.15) is 90.4 Å². The first-order valence-electron chi connectivity index (χ1n) is 8.48. The third kappa shape index (κ3) is 21.5. The lowest BCUT2D eigenvalue weighted by atomic mass is 10.0. The largest absolute Gasteiger partial charge is 0.481 e. The number of carbonyl (C=O) groups is 2. The molecule has 0 spiro atoms. The summed E-state index contributed by atoms with van der Waals surface area (Å²) in [7, 11) is 0. The molecule has 0 aromatic heterocycles. The molecule has 0 aromatic carbocycles. The Balaban J connectivity index is -0.00000200. The second kappa shape index (κ2) is 19.6. The summed E-state index contributed by atoms with van der Waals surface area (Å²) in [5.41, 5.74) is 0. The normalized spacial score (nSPS) is 11.2. The molecule has 0 fully saturated rings. The lowest BCUT2D eigenvalue weighted by molar-refractivity contribution is -0.141. The smallest absolute Gasteiger partial charge is 0.306 e. The summed E-state index contributed by atoms with van der Waals surface area (Å²) in [4.78, 5) is 21.0. The molecule has 0 heterocycles. The summed E-state index contributed by atoms with van der Waals surface area (Å²) in [5.74, 6) is -1.57. The Bertz CT molecular complexity index is 286. The van der Waals surface area contributed by atoms with Gasteiger partial charge in [-0.3, -0.25) is 9.59 Å². The van der Waals surface area contributed by atoms with Crippen molar-refractivity contribution >= 4 is 36.8 Å². The molecular formula is C17H34Cl2O4. The second-order valence-corrected chi connectivity index (χ2v) is 6.06. The van der Waals surface area contributed by atoms with Gasteiger partial charge in [-0.1, -0.05) is 71.1 Å². The Morgan fingerprint density at radius 3 is 1.39 bits per heavy atom. The fraction of sp³-hybridized carbons (Fsp3) is 0.882. The number of unbranched alkanes of at least 4 members (excludes halogenated alkanes) is 10. The van der Waals surface area contributed by atoms with E-state index in [0.717, 1.165) is 38.5 Å². The molecule has 0 bridgehead atoms. The van der Waals surface area contributed by atoms with Gasteiger partial charge in [-0.2, -0.15) is 0 Å². The van der Waals surface area contributed by atoms with Gasteiger partial charge in [0.2, 0.25) is 0 Å². The molecule has 0 aliphatic carbocycles. The van der Waals surface area contributed by atoms with Crippen molar-refractivity contribution in [1.82, 2.24) is 0 Å². The minimum absolute atomic E-state index is 0. The highest BCUT2D eigenvalue weighted by Gasteiger charge is 2.09. The fourth-order valence-electron chi connectivity index (χ4n) is 2.44. The van der Waals surface area contributed by atoms with Crippen LogP contribution >= 0.6 is 24.8 Å². The van der Waals surface area contributed by atoms with E-state index in [9.17, 15) is 9.59 Å². The van der Waals surface area contributed by atoms with Crippen LogP contribution in [0, 0.1) is 5.92 Å². The summed E-state index contributed by atoms with van der Waals surface area (Å²) in [5, 5.41) is 17.3. The number of halogens is 2. The first kappa shape index (κ1) is 27.4. The van der Waals surface area contributed by atoms with E-state index in [1.54, 1.807) is 6.92 Å². The van der Waals surface area contributed by atoms with Crippen molar-refractivity contribution in [3.8, 4) is 0 Å². The van der Waals surface area contributed by atoms with Gasteiger partial charge in [0, 0.05) is 6.42 Å². The molecule has 2 N–H and O–H groups in total. The number of hydrogen-bond acceptors (Lipinski definition) is 2. The topological polar surface area (TPSA) is 74.6 Å². The van der Waals surface area contributed by atoms with E-state index < -0.39 is 11.9 Å². The Kier molecular flexibility index (Phi) is 23.3. The van der Waals surface area contributed by atoms with Gasteiger partial charge in [-0.05, 0) is 12.8 Å². The van der Waals surface area contributed by atoms with Crippen molar-refractivity contribution < 1.29 is 19.8 Å². The Hall–Kier alpha value is -0.480. The third-order valence-corrected chi connectivity index (χ3v) is 3.95. The molecule has 4 nitrogen and oxygen atoms in total. The van der Waals surface area contributed by atoms with Gasteiger partial charge in [0.25, 0.3) is 0 Å². The lowest BCUT2D eigenvalue weighted by Gasteiger charge is -2.05. The maximum atomic E-state index is 10.6. The van der Waals surface area contributed by atoms with E-state index in [-0.39, 0.29) is 30.7 Å². The van der Waals surface area contributed by atoms with E-state index in [1.165, 1.54) is 38.5 Å².